The van der Waals surface area contributed by atoms with Gasteiger partial charge in [0.25, 0.3) is 5.91 Å². The minimum absolute atomic E-state index is 0.197. The Labute approximate surface area is 181 Å². The molecule has 0 unspecified atom stereocenters. The normalized spacial score (nSPS) is 11.6. The molecule has 0 radical (unpaired) electrons. The van der Waals surface area contributed by atoms with Gasteiger partial charge in [0.2, 0.25) is 10.0 Å². The molecule has 11 heteroatoms. The van der Waals surface area contributed by atoms with Crippen molar-refractivity contribution in [2.24, 2.45) is 0 Å². The summed E-state index contributed by atoms with van der Waals surface area (Å²) in [5, 5.41) is 3.07. The second-order valence-electron chi connectivity index (χ2n) is 6.99. The van der Waals surface area contributed by atoms with Gasteiger partial charge in [0.1, 0.15) is 17.0 Å². The summed E-state index contributed by atoms with van der Waals surface area (Å²) in [6, 6.07) is 5.11. The van der Waals surface area contributed by atoms with Gasteiger partial charge >= 0.3 is 0 Å². The highest BCUT2D eigenvalue weighted by atomic mass is 32.2. The lowest BCUT2D eigenvalue weighted by molar-refractivity contribution is 0.101. The van der Waals surface area contributed by atoms with E-state index in [2.05, 4.69) is 15.3 Å². The van der Waals surface area contributed by atoms with E-state index in [1.54, 1.807) is 31.5 Å². The van der Waals surface area contributed by atoms with Crippen LogP contribution in [0.1, 0.15) is 23.7 Å². The number of amides is 1. The summed E-state index contributed by atoms with van der Waals surface area (Å²) < 4.78 is 60.2. The van der Waals surface area contributed by atoms with Gasteiger partial charge in [0.05, 0.1) is 35.9 Å². The van der Waals surface area contributed by atoms with Crippen LogP contribution in [-0.4, -0.2) is 30.0 Å². The van der Waals surface area contributed by atoms with Crippen LogP contribution in [0.4, 0.5) is 20.2 Å². The Morgan fingerprint density at radius 2 is 2.06 bits per heavy atom. The lowest BCUT2D eigenvalue weighted by Gasteiger charge is -2.12. The number of aromatic nitrogens is 2. The first-order chi connectivity index (χ1) is 15.3. The number of anilines is 2. The van der Waals surface area contributed by atoms with Gasteiger partial charge in [0.15, 0.2) is 5.82 Å². The van der Waals surface area contributed by atoms with Crippen LogP contribution in [0.15, 0.2) is 53.6 Å². The Morgan fingerprint density at radius 1 is 1.25 bits per heavy atom. The van der Waals surface area contributed by atoms with Gasteiger partial charge in [-0.25, -0.2) is 22.2 Å². The molecule has 1 amide bonds. The zero-order valence-electron chi connectivity index (χ0n) is 16.8. The van der Waals surface area contributed by atoms with Crippen molar-refractivity contribution >= 4 is 38.3 Å². The summed E-state index contributed by atoms with van der Waals surface area (Å²) in [6.45, 7) is 1.65. The van der Waals surface area contributed by atoms with E-state index in [1.807, 2.05) is 4.72 Å². The molecule has 0 aliphatic carbocycles. The standard InChI is InChI=1S/C21H18F2N4O4S/c1-2-7-32(29,30)27-17-4-3-16(22)18(19(17)23)21(28)26-13-8-14-15(12-5-6-31-11-12)10-25-20(14)24-9-13/h3-6,8-11,27H,2,7H2,1H3,(H,24,25)(H,26,28). The molecule has 3 N–H and O–H groups in total. The lowest BCUT2D eigenvalue weighted by Crippen LogP contribution is -2.20. The molecule has 166 valence electrons. The predicted octanol–water partition coefficient (Wildman–Crippen LogP) is 4.51. The number of nitrogens with one attached hydrogen (secondary N) is 3. The molecular formula is C21H18F2N4O4S. The van der Waals surface area contributed by atoms with Crippen molar-refractivity contribution in [1.82, 2.24) is 9.97 Å². The van der Waals surface area contributed by atoms with E-state index in [4.69, 9.17) is 4.42 Å². The van der Waals surface area contributed by atoms with Gasteiger partial charge in [-0.1, -0.05) is 6.92 Å². The van der Waals surface area contributed by atoms with E-state index >= 15 is 0 Å². The molecule has 4 aromatic rings. The quantitative estimate of drug-likeness (QED) is 0.375. The number of hydrogen-bond donors (Lipinski definition) is 3. The van der Waals surface area contributed by atoms with E-state index in [1.165, 1.54) is 12.5 Å². The number of fused-ring (bicyclic) bond motifs is 1. The zero-order valence-corrected chi connectivity index (χ0v) is 17.6. The van der Waals surface area contributed by atoms with Crippen LogP contribution >= 0.6 is 0 Å². The predicted molar refractivity (Wildman–Crippen MR) is 116 cm³/mol. The van der Waals surface area contributed by atoms with Crippen LogP contribution in [0.5, 0.6) is 0 Å². The minimum Gasteiger partial charge on any atom is -0.472 e. The Balaban J connectivity index is 1.65. The Hall–Kier alpha value is -3.73. The number of furan rings is 1. The number of sulfonamides is 1. The Bertz CT molecular complexity index is 1400. The van der Waals surface area contributed by atoms with Crippen molar-refractivity contribution < 1.29 is 26.4 Å². The van der Waals surface area contributed by atoms with Crippen molar-refractivity contribution in [3.8, 4) is 11.1 Å². The third-order valence-corrected chi connectivity index (χ3v) is 6.15. The molecule has 3 heterocycles. The summed E-state index contributed by atoms with van der Waals surface area (Å²) in [7, 11) is -3.83. The number of carbonyl (C=O) groups excluding carboxylic acids is 1. The number of carbonyl (C=O) groups is 1. The molecule has 0 bridgehead atoms. The van der Waals surface area contributed by atoms with Crippen LogP contribution in [0.25, 0.3) is 22.2 Å². The van der Waals surface area contributed by atoms with E-state index in [0.717, 1.165) is 23.3 Å². The van der Waals surface area contributed by atoms with Crippen molar-refractivity contribution in [2.75, 3.05) is 15.8 Å². The molecule has 0 saturated carbocycles. The summed E-state index contributed by atoms with van der Waals surface area (Å²) in [6.07, 6.45) is 6.42. The van der Waals surface area contributed by atoms with Crippen LogP contribution < -0.4 is 10.0 Å². The highest BCUT2D eigenvalue weighted by molar-refractivity contribution is 7.92. The van der Waals surface area contributed by atoms with Crippen molar-refractivity contribution in [2.45, 2.75) is 13.3 Å². The third kappa shape index (κ3) is 4.19. The third-order valence-electron chi connectivity index (χ3n) is 4.68. The molecule has 0 atom stereocenters. The van der Waals surface area contributed by atoms with Crippen molar-refractivity contribution in [1.29, 1.82) is 0 Å². The van der Waals surface area contributed by atoms with Crippen molar-refractivity contribution in [3.63, 3.8) is 0 Å². The molecule has 3 aromatic heterocycles. The number of hydrogen-bond acceptors (Lipinski definition) is 5. The minimum atomic E-state index is -3.83. The lowest BCUT2D eigenvalue weighted by atomic mass is 10.1. The number of nitrogens with zero attached hydrogens (tertiary/aromatic N) is 1. The summed E-state index contributed by atoms with van der Waals surface area (Å²) in [5.41, 5.74) is 0.872. The van der Waals surface area contributed by atoms with Crippen LogP contribution in [0.2, 0.25) is 0 Å². The molecule has 0 saturated heterocycles. The first-order valence-corrected chi connectivity index (χ1v) is 11.2. The van der Waals surface area contributed by atoms with Gasteiger partial charge in [-0.05, 0) is 30.7 Å². The summed E-state index contributed by atoms with van der Waals surface area (Å²) in [4.78, 5) is 19.9. The van der Waals surface area contributed by atoms with Gasteiger partial charge in [-0.3, -0.25) is 9.52 Å². The maximum absolute atomic E-state index is 14.9. The van der Waals surface area contributed by atoms with Gasteiger partial charge in [-0.15, -0.1) is 0 Å². The molecule has 0 aliphatic rings. The Morgan fingerprint density at radius 3 is 2.78 bits per heavy atom. The van der Waals surface area contributed by atoms with E-state index in [-0.39, 0.29) is 11.4 Å². The number of H-pyrrole nitrogens is 1. The SMILES string of the molecule is CCCS(=O)(=O)Nc1ccc(F)c(C(=O)Nc2cnc3[nH]cc(-c4ccoc4)c3c2)c1F. The topological polar surface area (TPSA) is 117 Å². The maximum Gasteiger partial charge on any atom is 0.261 e. The molecule has 1 aromatic carbocycles. The van der Waals surface area contributed by atoms with Gasteiger partial charge in [0, 0.05) is 22.7 Å². The number of aromatic amines is 1. The number of benzene rings is 1. The molecule has 4 rings (SSSR count). The smallest absolute Gasteiger partial charge is 0.261 e. The molecule has 0 fully saturated rings. The monoisotopic (exact) mass is 460 g/mol. The van der Waals surface area contributed by atoms with Gasteiger partial charge in [-0.2, -0.15) is 0 Å². The summed E-state index contributed by atoms with van der Waals surface area (Å²) in [5.74, 6) is -3.77. The molecule has 0 spiro atoms. The first kappa shape index (κ1) is 21.5. The highest BCUT2D eigenvalue weighted by Crippen LogP contribution is 2.30. The summed E-state index contributed by atoms with van der Waals surface area (Å²) >= 11 is 0. The van der Waals surface area contributed by atoms with E-state index in [9.17, 15) is 22.0 Å². The largest absolute Gasteiger partial charge is 0.472 e. The Kier molecular flexibility index (Phi) is 5.66. The molecule has 8 nitrogen and oxygen atoms in total. The van der Waals surface area contributed by atoms with E-state index < -0.39 is 38.8 Å². The zero-order chi connectivity index (χ0) is 22.9. The fourth-order valence-corrected chi connectivity index (χ4v) is 4.38. The van der Waals surface area contributed by atoms with Crippen LogP contribution in [0.3, 0.4) is 0 Å². The number of rotatable bonds is 7. The van der Waals surface area contributed by atoms with Crippen LogP contribution in [0, 0.1) is 11.6 Å². The van der Waals surface area contributed by atoms with Crippen LogP contribution in [-0.2, 0) is 10.0 Å². The number of halogens is 2. The number of pyridine rings is 1. The second kappa shape index (κ2) is 8.42. The molecule has 32 heavy (non-hydrogen) atoms. The van der Waals surface area contributed by atoms with E-state index in [0.29, 0.717) is 17.5 Å². The molecule has 0 aliphatic heterocycles. The van der Waals surface area contributed by atoms with Crippen molar-refractivity contribution in [3.05, 3.63) is 66.4 Å². The second-order valence-corrected chi connectivity index (χ2v) is 8.84. The fraction of sp³-hybridized carbons (Fsp3) is 0.143. The molecular weight excluding hydrogens is 442 g/mol. The highest BCUT2D eigenvalue weighted by Gasteiger charge is 2.23. The maximum atomic E-state index is 14.9. The fourth-order valence-electron chi connectivity index (χ4n) is 3.25. The average Bonchev–Trinajstić information content (AvgIpc) is 3.39. The van der Waals surface area contributed by atoms with Gasteiger partial charge < -0.3 is 14.7 Å². The first-order valence-electron chi connectivity index (χ1n) is 9.58. The average molecular weight is 460 g/mol.